The highest BCUT2D eigenvalue weighted by Gasteiger charge is 2.20. The minimum atomic E-state index is -0.765. The first-order valence-corrected chi connectivity index (χ1v) is 35.8. The molecule has 0 aliphatic carbocycles. The van der Waals surface area contributed by atoms with E-state index in [9.17, 15) is 14.4 Å². The molecule has 2 atom stereocenters. The Balaban J connectivity index is 4.27. The third-order valence-electron chi connectivity index (χ3n) is 17.1. The summed E-state index contributed by atoms with van der Waals surface area (Å²) in [6.45, 7) is 11.5. The van der Waals surface area contributed by atoms with Crippen molar-refractivity contribution in [3.05, 3.63) is 0 Å². The number of ether oxygens (including phenoxy) is 3. The molecule has 6 heteroatoms. The van der Waals surface area contributed by atoms with Crippen molar-refractivity contribution in [1.29, 1.82) is 0 Å². The molecule has 0 saturated heterocycles. The van der Waals surface area contributed by atoms with Crippen LogP contribution in [0.3, 0.4) is 0 Å². The van der Waals surface area contributed by atoms with E-state index in [1.165, 1.54) is 302 Å². The number of unbranched alkanes of at least 4 members (excludes halogenated alkanes) is 50. The van der Waals surface area contributed by atoms with Gasteiger partial charge in [0.2, 0.25) is 0 Å². The molecule has 0 aromatic rings. The van der Waals surface area contributed by atoms with Crippen LogP contribution in [0.15, 0.2) is 0 Å². The van der Waals surface area contributed by atoms with Crippen LogP contribution >= 0.6 is 0 Å². The van der Waals surface area contributed by atoms with Gasteiger partial charge in [0.15, 0.2) is 6.10 Å². The molecule has 0 heterocycles. The monoisotopic (exact) mass is 1100 g/mol. The van der Waals surface area contributed by atoms with Crippen molar-refractivity contribution in [2.45, 2.75) is 420 Å². The highest BCUT2D eigenvalue weighted by molar-refractivity contribution is 5.71. The summed E-state index contributed by atoms with van der Waals surface area (Å²) < 4.78 is 17.0. The van der Waals surface area contributed by atoms with Crippen LogP contribution in [0.1, 0.15) is 413 Å². The summed E-state index contributed by atoms with van der Waals surface area (Å²) in [7, 11) is 0. The standard InChI is InChI=1S/C72H140O6/c1-6-8-9-10-11-12-13-14-15-16-17-21-27-32-37-42-47-52-57-62-70(73)76-65-69(78-72(75)64-59-54-49-44-39-34-29-24-23-25-30-35-40-45-50-55-60-67(3)4)66-77-71(74)63-58-53-48-43-38-33-28-22-19-18-20-26-31-36-41-46-51-56-61-68(5)7-2/h67-69H,6-66H2,1-5H3/t68?,69-/m0/s1. The number of carbonyl (C=O) groups excluding carboxylic acids is 3. The largest absolute Gasteiger partial charge is 0.462 e. The molecule has 0 spiro atoms. The molecule has 1 unspecified atom stereocenters. The second-order valence-corrected chi connectivity index (χ2v) is 25.6. The van der Waals surface area contributed by atoms with E-state index < -0.39 is 6.10 Å². The van der Waals surface area contributed by atoms with E-state index in [0.717, 1.165) is 69.6 Å². The van der Waals surface area contributed by atoms with E-state index in [4.69, 9.17) is 14.2 Å². The lowest BCUT2D eigenvalue weighted by Crippen LogP contribution is -2.30. The smallest absolute Gasteiger partial charge is 0.306 e. The molecular weight excluding hydrogens is 961 g/mol. The summed E-state index contributed by atoms with van der Waals surface area (Å²) in [4.78, 5) is 38.5. The maximum absolute atomic E-state index is 13.0. The van der Waals surface area contributed by atoms with Crippen LogP contribution in [0.25, 0.3) is 0 Å². The fourth-order valence-electron chi connectivity index (χ4n) is 11.3. The number of rotatable bonds is 66. The van der Waals surface area contributed by atoms with Crippen LogP contribution in [-0.2, 0) is 28.6 Å². The lowest BCUT2D eigenvalue weighted by atomic mass is 9.99. The van der Waals surface area contributed by atoms with Crippen LogP contribution in [0, 0.1) is 11.8 Å². The molecule has 0 rings (SSSR count). The summed E-state index contributed by atoms with van der Waals surface area (Å²) in [5.74, 6) is 0.939. The fraction of sp³-hybridized carbons (Fsp3) is 0.958. The molecule has 0 saturated carbocycles. The Labute approximate surface area is 488 Å². The van der Waals surface area contributed by atoms with Gasteiger partial charge in [-0.25, -0.2) is 0 Å². The molecule has 0 radical (unpaired) electrons. The van der Waals surface area contributed by atoms with Gasteiger partial charge < -0.3 is 14.2 Å². The van der Waals surface area contributed by atoms with Gasteiger partial charge in [-0.05, 0) is 31.1 Å². The van der Waals surface area contributed by atoms with Crippen molar-refractivity contribution >= 4 is 17.9 Å². The highest BCUT2D eigenvalue weighted by Crippen LogP contribution is 2.20. The summed E-state index contributed by atoms with van der Waals surface area (Å²) >= 11 is 0. The van der Waals surface area contributed by atoms with Gasteiger partial charge in [-0.3, -0.25) is 14.4 Å². The van der Waals surface area contributed by atoms with Gasteiger partial charge in [-0.2, -0.15) is 0 Å². The maximum atomic E-state index is 13.0. The topological polar surface area (TPSA) is 78.9 Å². The van der Waals surface area contributed by atoms with Crippen LogP contribution in [0.5, 0.6) is 0 Å². The quantitative estimate of drug-likeness (QED) is 0.0343. The van der Waals surface area contributed by atoms with Gasteiger partial charge in [0.05, 0.1) is 0 Å². The molecule has 0 amide bonds. The minimum Gasteiger partial charge on any atom is -0.462 e. The molecule has 6 nitrogen and oxygen atoms in total. The van der Waals surface area contributed by atoms with Crippen LogP contribution in [0.2, 0.25) is 0 Å². The summed E-state index contributed by atoms with van der Waals surface area (Å²) in [6.07, 6.45) is 74.0. The second-order valence-electron chi connectivity index (χ2n) is 25.6. The van der Waals surface area contributed by atoms with E-state index in [2.05, 4.69) is 34.6 Å². The first-order valence-electron chi connectivity index (χ1n) is 35.8. The molecule has 78 heavy (non-hydrogen) atoms. The number of hydrogen-bond donors (Lipinski definition) is 0. The maximum Gasteiger partial charge on any atom is 0.306 e. The second kappa shape index (κ2) is 64.6. The SMILES string of the molecule is CCCCCCCCCCCCCCCCCCCCCC(=O)OC[C@@H](COC(=O)CCCCCCCCCCCCCCCCCCCCC(C)CC)OC(=O)CCCCCCCCCCCCCCCCCCC(C)C. The predicted octanol–water partition coefficient (Wildman–Crippen LogP) is 24.3. The lowest BCUT2D eigenvalue weighted by Gasteiger charge is -2.18. The van der Waals surface area contributed by atoms with Crippen LogP contribution in [0.4, 0.5) is 0 Å². The lowest BCUT2D eigenvalue weighted by molar-refractivity contribution is -0.167. The minimum absolute atomic E-state index is 0.0611. The molecule has 0 bridgehead atoms. The average Bonchev–Trinajstić information content (AvgIpc) is 3.43. The van der Waals surface area contributed by atoms with Crippen molar-refractivity contribution in [3.63, 3.8) is 0 Å². The Bertz CT molecular complexity index is 1200. The van der Waals surface area contributed by atoms with E-state index in [1.807, 2.05) is 0 Å². The summed E-state index contributed by atoms with van der Waals surface area (Å²) in [5.41, 5.74) is 0. The summed E-state index contributed by atoms with van der Waals surface area (Å²) in [6, 6.07) is 0. The van der Waals surface area contributed by atoms with Gasteiger partial charge in [-0.15, -0.1) is 0 Å². The number of esters is 3. The molecule has 0 N–H and O–H groups in total. The zero-order chi connectivity index (χ0) is 56.7. The van der Waals surface area contributed by atoms with E-state index in [-0.39, 0.29) is 31.1 Å². The Kier molecular flexibility index (Phi) is 63.3. The van der Waals surface area contributed by atoms with Gasteiger partial charge in [0, 0.05) is 19.3 Å². The van der Waals surface area contributed by atoms with Crippen molar-refractivity contribution in [3.8, 4) is 0 Å². The van der Waals surface area contributed by atoms with Crippen LogP contribution < -0.4 is 0 Å². The zero-order valence-corrected chi connectivity index (χ0v) is 53.8. The van der Waals surface area contributed by atoms with Crippen molar-refractivity contribution < 1.29 is 28.6 Å². The third kappa shape index (κ3) is 63.6. The first kappa shape index (κ1) is 76.4. The van der Waals surface area contributed by atoms with E-state index in [1.54, 1.807) is 0 Å². The predicted molar refractivity (Wildman–Crippen MR) is 340 cm³/mol. The zero-order valence-electron chi connectivity index (χ0n) is 53.8. The van der Waals surface area contributed by atoms with Gasteiger partial charge in [0.25, 0.3) is 0 Å². The van der Waals surface area contributed by atoms with Crippen LogP contribution in [-0.4, -0.2) is 37.2 Å². The Morgan fingerprint density at radius 2 is 0.487 bits per heavy atom. The van der Waals surface area contributed by atoms with Crippen molar-refractivity contribution in [2.75, 3.05) is 13.2 Å². The molecule has 0 fully saturated rings. The molecule has 0 aromatic carbocycles. The van der Waals surface area contributed by atoms with Gasteiger partial charge in [0.1, 0.15) is 13.2 Å². The first-order chi connectivity index (χ1) is 38.3. The Hall–Kier alpha value is -1.59. The third-order valence-corrected chi connectivity index (χ3v) is 17.1. The Morgan fingerprint density at radius 1 is 0.269 bits per heavy atom. The van der Waals surface area contributed by atoms with Gasteiger partial charge in [-0.1, -0.05) is 375 Å². The molecule has 0 aliphatic heterocycles. The number of hydrogen-bond acceptors (Lipinski definition) is 6. The molecule has 464 valence electrons. The average molecular weight is 1100 g/mol. The van der Waals surface area contributed by atoms with Crippen molar-refractivity contribution in [2.24, 2.45) is 11.8 Å². The van der Waals surface area contributed by atoms with E-state index in [0.29, 0.717) is 19.3 Å². The van der Waals surface area contributed by atoms with E-state index >= 15 is 0 Å². The molecule has 0 aliphatic rings. The number of carbonyl (C=O) groups is 3. The highest BCUT2D eigenvalue weighted by atomic mass is 16.6. The molecular formula is C72H140O6. The van der Waals surface area contributed by atoms with Crippen molar-refractivity contribution in [1.82, 2.24) is 0 Å². The normalized spacial score (nSPS) is 12.4. The summed E-state index contributed by atoms with van der Waals surface area (Å²) in [5, 5.41) is 0. The Morgan fingerprint density at radius 3 is 0.731 bits per heavy atom. The molecule has 0 aromatic heterocycles. The van der Waals surface area contributed by atoms with Gasteiger partial charge >= 0.3 is 17.9 Å². The fourth-order valence-corrected chi connectivity index (χ4v) is 11.3.